The van der Waals surface area contributed by atoms with Crippen molar-refractivity contribution in [1.82, 2.24) is 5.32 Å². The molecule has 1 atom stereocenters. The zero-order valence-corrected chi connectivity index (χ0v) is 19.8. The van der Waals surface area contributed by atoms with Gasteiger partial charge in [-0.15, -0.1) is 0 Å². The van der Waals surface area contributed by atoms with E-state index in [4.69, 9.17) is 4.74 Å². The van der Waals surface area contributed by atoms with Gasteiger partial charge in [-0.1, -0.05) is 12.1 Å². The zero-order valence-electron chi connectivity index (χ0n) is 19.0. The Kier molecular flexibility index (Phi) is 7.38. The van der Waals surface area contributed by atoms with Crippen LogP contribution in [0.25, 0.3) is 0 Å². The quantitative estimate of drug-likeness (QED) is 0.495. The second kappa shape index (κ2) is 10.0. The van der Waals surface area contributed by atoms with Crippen molar-refractivity contribution < 1.29 is 22.3 Å². The molecule has 0 bridgehead atoms. The van der Waals surface area contributed by atoms with Crippen molar-refractivity contribution in [3.05, 3.63) is 88.7 Å². The van der Waals surface area contributed by atoms with E-state index >= 15 is 0 Å². The number of anilines is 1. The van der Waals surface area contributed by atoms with Crippen molar-refractivity contribution in [2.24, 2.45) is 0 Å². The third kappa shape index (κ3) is 6.32. The minimum atomic E-state index is -3.84. The van der Waals surface area contributed by atoms with Gasteiger partial charge in [0.25, 0.3) is 15.9 Å². The van der Waals surface area contributed by atoms with Crippen LogP contribution in [-0.4, -0.2) is 20.9 Å². The lowest BCUT2D eigenvalue weighted by Crippen LogP contribution is -2.31. The molecule has 0 saturated heterocycles. The number of sulfonamides is 1. The molecule has 3 rings (SSSR count). The number of rotatable bonds is 8. The van der Waals surface area contributed by atoms with Crippen molar-refractivity contribution in [3.8, 4) is 5.75 Å². The predicted molar refractivity (Wildman–Crippen MR) is 126 cm³/mol. The highest BCUT2D eigenvalue weighted by Gasteiger charge is 2.16. The summed E-state index contributed by atoms with van der Waals surface area (Å²) in [6.07, 6.45) is 0. The number of hydrogen-bond acceptors (Lipinski definition) is 4. The van der Waals surface area contributed by atoms with E-state index in [9.17, 15) is 17.6 Å². The summed E-state index contributed by atoms with van der Waals surface area (Å²) in [5.41, 5.74) is 4.78. The Morgan fingerprint density at radius 2 is 1.55 bits per heavy atom. The first-order valence-corrected chi connectivity index (χ1v) is 11.9. The van der Waals surface area contributed by atoms with Crippen LogP contribution >= 0.6 is 0 Å². The van der Waals surface area contributed by atoms with Gasteiger partial charge in [-0.05, 0) is 98.5 Å². The van der Waals surface area contributed by atoms with Gasteiger partial charge in [-0.2, -0.15) is 0 Å². The topological polar surface area (TPSA) is 84.5 Å². The van der Waals surface area contributed by atoms with Crippen LogP contribution in [0.5, 0.6) is 5.75 Å². The third-order valence-electron chi connectivity index (χ3n) is 5.33. The molecular weight excluding hydrogens is 443 g/mol. The van der Waals surface area contributed by atoms with Crippen LogP contribution in [0.1, 0.15) is 35.2 Å². The maximum absolute atomic E-state index is 13.0. The first-order chi connectivity index (χ1) is 15.5. The van der Waals surface area contributed by atoms with Crippen molar-refractivity contribution >= 4 is 21.6 Å². The zero-order chi connectivity index (χ0) is 24.2. The molecule has 6 nitrogen and oxygen atoms in total. The Morgan fingerprint density at radius 1 is 0.939 bits per heavy atom. The minimum absolute atomic E-state index is 0.0162. The lowest BCUT2D eigenvalue weighted by molar-refractivity contribution is -0.123. The van der Waals surface area contributed by atoms with Crippen LogP contribution < -0.4 is 14.8 Å². The maximum atomic E-state index is 13.0. The number of carbonyl (C=O) groups excluding carboxylic acids is 1. The minimum Gasteiger partial charge on any atom is -0.484 e. The van der Waals surface area contributed by atoms with Gasteiger partial charge < -0.3 is 10.1 Å². The van der Waals surface area contributed by atoms with Gasteiger partial charge in [0.2, 0.25) is 0 Å². The lowest BCUT2D eigenvalue weighted by atomic mass is 9.96. The molecule has 0 saturated carbocycles. The summed E-state index contributed by atoms with van der Waals surface area (Å²) in [7, 11) is -3.84. The van der Waals surface area contributed by atoms with Gasteiger partial charge in [-0.25, -0.2) is 12.8 Å². The standard InChI is InChI=1S/C25H27FN2O4S/c1-16-13-18(3)24(14-17(16)2)19(4)27-25(29)15-32-22-9-11-23(12-10-22)33(30,31)28-21-7-5-20(26)6-8-21/h5-14,19,28H,15H2,1-4H3,(H,27,29)/t19-/m0/s1. The predicted octanol–water partition coefficient (Wildman–Crippen LogP) is 4.81. The molecule has 3 aromatic rings. The van der Waals surface area contributed by atoms with Gasteiger partial charge in [-0.3, -0.25) is 9.52 Å². The molecule has 1 amide bonds. The number of amides is 1. The fraction of sp³-hybridized carbons (Fsp3) is 0.240. The summed E-state index contributed by atoms with van der Waals surface area (Å²) in [6.45, 7) is 7.83. The molecule has 0 aliphatic heterocycles. The Hall–Kier alpha value is -3.39. The number of aryl methyl sites for hydroxylation is 3. The number of halogens is 1. The molecule has 0 spiro atoms. The summed E-state index contributed by atoms with van der Waals surface area (Å²) in [5, 5.41) is 2.92. The van der Waals surface area contributed by atoms with Gasteiger partial charge >= 0.3 is 0 Å². The third-order valence-corrected chi connectivity index (χ3v) is 6.72. The molecular formula is C25H27FN2O4S. The molecule has 0 aromatic heterocycles. The highest BCUT2D eigenvalue weighted by molar-refractivity contribution is 7.92. The van der Waals surface area contributed by atoms with Gasteiger partial charge in [0, 0.05) is 5.69 Å². The molecule has 0 aliphatic rings. The van der Waals surface area contributed by atoms with Crippen molar-refractivity contribution in [1.29, 1.82) is 0 Å². The Bertz CT molecular complexity index is 1240. The van der Waals surface area contributed by atoms with E-state index < -0.39 is 15.8 Å². The van der Waals surface area contributed by atoms with E-state index in [0.717, 1.165) is 16.7 Å². The fourth-order valence-corrected chi connectivity index (χ4v) is 4.46. The van der Waals surface area contributed by atoms with Crippen LogP contribution in [0.4, 0.5) is 10.1 Å². The van der Waals surface area contributed by atoms with E-state index in [-0.39, 0.29) is 29.1 Å². The molecule has 0 radical (unpaired) electrons. The Morgan fingerprint density at radius 3 is 2.18 bits per heavy atom. The average Bonchev–Trinajstić information content (AvgIpc) is 2.76. The molecule has 0 aliphatic carbocycles. The van der Waals surface area contributed by atoms with Gasteiger partial charge in [0.15, 0.2) is 6.61 Å². The summed E-state index contributed by atoms with van der Waals surface area (Å²) >= 11 is 0. The lowest BCUT2D eigenvalue weighted by Gasteiger charge is -2.18. The van der Waals surface area contributed by atoms with E-state index in [2.05, 4.69) is 29.1 Å². The van der Waals surface area contributed by atoms with Crippen LogP contribution in [0.15, 0.2) is 65.6 Å². The molecule has 0 heterocycles. The molecule has 2 N–H and O–H groups in total. The van der Waals surface area contributed by atoms with Crippen LogP contribution in [0, 0.1) is 26.6 Å². The first-order valence-electron chi connectivity index (χ1n) is 10.4. The van der Waals surface area contributed by atoms with E-state index in [0.29, 0.717) is 5.75 Å². The molecule has 3 aromatic carbocycles. The number of nitrogens with one attached hydrogen (secondary N) is 2. The molecule has 174 valence electrons. The second-order valence-electron chi connectivity index (χ2n) is 7.95. The van der Waals surface area contributed by atoms with Crippen LogP contribution in [0.3, 0.4) is 0 Å². The number of hydrogen-bond donors (Lipinski definition) is 2. The molecule has 0 fully saturated rings. The van der Waals surface area contributed by atoms with Crippen molar-refractivity contribution in [2.75, 3.05) is 11.3 Å². The summed E-state index contributed by atoms with van der Waals surface area (Å²) in [6, 6.07) is 14.7. The van der Waals surface area contributed by atoms with Gasteiger partial charge in [0.1, 0.15) is 11.6 Å². The number of benzene rings is 3. The van der Waals surface area contributed by atoms with Crippen molar-refractivity contribution in [2.45, 2.75) is 38.6 Å². The Balaban J connectivity index is 1.57. The van der Waals surface area contributed by atoms with Gasteiger partial charge in [0.05, 0.1) is 10.9 Å². The van der Waals surface area contributed by atoms with Crippen LogP contribution in [0.2, 0.25) is 0 Å². The SMILES string of the molecule is Cc1cc(C)c([C@H](C)NC(=O)COc2ccc(S(=O)(=O)Nc3ccc(F)cc3)cc2)cc1C. The smallest absolute Gasteiger partial charge is 0.261 e. The normalized spacial score (nSPS) is 12.2. The average molecular weight is 471 g/mol. The monoisotopic (exact) mass is 470 g/mol. The Labute approximate surface area is 193 Å². The number of carbonyl (C=O) groups is 1. The van der Waals surface area contributed by atoms with E-state index in [1.54, 1.807) is 0 Å². The summed E-state index contributed by atoms with van der Waals surface area (Å²) in [4.78, 5) is 12.4. The second-order valence-corrected chi connectivity index (χ2v) is 9.64. The molecule has 33 heavy (non-hydrogen) atoms. The highest BCUT2D eigenvalue weighted by Crippen LogP contribution is 2.22. The fourth-order valence-electron chi connectivity index (χ4n) is 3.41. The highest BCUT2D eigenvalue weighted by atomic mass is 32.2. The summed E-state index contributed by atoms with van der Waals surface area (Å²) in [5.74, 6) is -0.377. The maximum Gasteiger partial charge on any atom is 0.261 e. The summed E-state index contributed by atoms with van der Waals surface area (Å²) < 4.78 is 45.9. The van der Waals surface area contributed by atoms with E-state index in [1.807, 2.05) is 20.8 Å². The first kappa shape index (κ1) is 24.3. The van der Waals surface area contributed by atoms with E-state index in [1.165, 1.54) is 54.1 Å². The largest absolute Gasteiger partial charge is 0.484 e. The molecule has 8 heteroatoms. The van der Waals surface area contributed by atoms with Crippen molar-refractivity contribution in [3.63, 3.8) is 0 Å². The molecule has 0 unspecified atom stereocenters. The number of ether oxygens (including phenoxy) is 1. The van der Waals surface area contributed by atoms with Crippen LogP contribution in [-0.2, 0) is 14.8 Å².